The van der Waals surface area contributed by atoms with Gasteiger partial charge in [0, 0.05) is 0 Å². The Balaban J connectivity index is 1.73. The number of carbonyl (C=O) groups is 1. The van der Waals surface area contributed by atoms with Crippen molar-refractivity contribution in [3.8, 4) is 5.75 Å². The fourth-order valence-electron chi connectivity index (χ4n) is 4.74. The van der Waals surface area contributed by atoms with E-state index in [4.69, 9.17) is 14.5 Å². The predicted octanol–water partition coefficient (Wildman–Crippen LogP) is 5.95. The van der Waals surface area contributed by atoms with Gasteiger partial charge in [0.05, 0.1) is 41.7 Å². The van der Waals surface area contributed by atoms with Gasteiger partial charge in [-0.05, 0) is 113 Å². The fourth-order valence-corrected chi connectivity index (χ4v) is 7.85. The number of nitrogens with zero attached hydrogens (tertiary/aromatic N) is 2. The molecule has 6 nitrogen and oxygen atoms in total. The smallest absolute Gasteiger partial charge is 0.338 e. The molecule has 0 aliphatic carbocycles. The Morgan fingerprint density at radius 2 is 1.82 bits per heavy atom. The number of allylic oxidation sites excluding steroid dienone is 1. The molecule has 0 N–H and O–H groups in total. The lowest BCUT2D eigenvalue weighted by Crippen LogP contribution is -2.40. The van der Waals surface area contributed by atoms with Crippen LogP contribution in [0.2, 0.25) is 0 Å². The van der Waals surface area contributed by atoms with E-state index in [0.717, 1.165) is 34.8 Å². The normalized spacial score (nSPS) is 15.5. The van der Waals surface area contributed by atoms with Crippen LogP contribution in [-0.2, 0) is 9.53 Å². The monoisotopic (exact) mass is 764 g/mol. The Hall–Kier alpha value is -2.51. The third-order valence-corrected chi connectivity index (χ3v) is 8.89. The maximum atomic E-state index is 14.0. The highest BCUT2D eigenvalue weighted by Gasteiger charge is 2.34. The molecule has 1 aliphatic rings. The van der Waals surface area contributed by atoms with Crippen molar-refractivity contribution in [3.05, 3.63) is 104 Å². The fraction of sp³-hybridized carbons (Fsp3) is 0.233. The minimum Gasteiger partial charge on any atom is -0.489 e. The minimum atomic E-state index is -0.657. The molecule has 1 aromatic heterocycles. The first-order valence-electron chi connectivity index (χ1n) is 12.5. The molecule has 0 saturated carbocycles. The second kappa shape index (κ2) is 11.5. The molecule has 0 unspecified atom stereocenters. The van der Waals surface area contributed by atoms with E-state index in [1.807, 2.05) is 74.5 Å². The van der Waals surface area contributed by atoms with E-state index < -0.39 is 12.0 Å². The Bertz CT molecular complexity index is 1790. The summed E-state index contributed by atoms with van der Waals surface area (Å²) in [6.45, 7) is 7.81. The number of ether oxygens (including phenoxy) is 2. The number of hydrogen-bond acceptors (Lipinski definition) is 6. The SMILES string of the molecule is CCOC(=O)C1=C(C)N=c2s/c(=C/c3cc(I)c(OC(C)C)c(I)c3)c(=O)n2[C@@H]1c1cccc2ccccc12. The van der Waals surface area contributed by atoms with Crippen molar-refractivity contribution >= 4 is 79.3 Å². The molecule has 0 spiro atoms. The molecular weight excluding hydrogens is 738 g/mol. The Morgan fingerprint density at radius 3 is 2.51 bits per heavy atom. The van der Waals surface area contributed by atoms with Crippen LogP contribution in [0.25, 0.3) is 16.8 Å². The lowest BCUT2D eigenvalue weighted by Gasteiger charge is -2.25. The zero-order chi connectivity index (χ0) is 27.8. The molecule has 1 aliphatic heterocycles. The lowest BCUT2D eigenvalue weighted by molar-refractivity contribution is -0.139. The first-order valence-corrected chi connectivity index (χ1v) is 15.5. The average molecular weight is 764 g/mol. The summed E-state index contributed by atoms with van der Waals surface area (Å²) in [7, 11) is 0. The maximum Gasteiger partial charge on any atom is 0.338 e. The van der Waals surface area contributed by atoms with Gasteiger partial charge in [-0.3, -0.25) is 9.36 Å². The highest BCUT2D eigenvalue weighted by molar-refractivity contribution is 14.1. The van der Waals surface area contributed by atoms with Crippen LogP contribution in [0, 0.1) is 7.14 Å². The van der Waals surface area contributed by atoms with Gasteiger partial charge in [-0.2, -0.15) is 0 Å². The number of fused-ring (bicyclic) bond motifs is 2. The van der Waals surface area contributed by atoms with Crippen molar-refractivity contribution in [2.75, 3.05) is 6.61 Å². The molecule has 9 heteroatoms. The average Bonchev–Trinajstić information content (AvgIpc) is 3.19. The van der Waals surface area contributed by atoms with Crippen LogP contribution in [0.15, 0.2) is 75.7 Å². The van der Waals surface area contributed by atoms with Gasteiger partial charge in [-0.1, -0.05) is 53.8 Å². The molecule has 3 aromatic carbocycles. The molecule has 2 heterocycles. The standard InChI is InChI=1S/C30H26I2N2O4S/c1-5-37-29(36)25-17(4)33-30-34(26(25)21-12-8-10-19-9-6-7-11-20(19)21)28(35)24(39-30)15-18-13-22(31)27(23(32)14-18)38-16(2)3/h6-16,26H,5H2,1-4H3/b24-15+/t26-/m1/s1. The third-order valence-electron chi connectivity index (χ3n) is 6.31. The van der Waals surface area contributed by atoms with Crippen LogP contribution in [0.1, 0.15) is 44.9 Å². The van der Waals surface area contributed by atoms with Crippen molar-refractivity contribution in [2.24, 2.45) is 4.99 Å². The summed E-state index contributed by atoms with van der Waals surface area (Å²) in [5.41, 5.74) is 2.49. The highest BCUT2D eigenvalue weighted by atomic mass is 127. The minimum absolute atomic E-state index is 0.0625. The van der Waals surface area contributed by atoms with Crippen LogP contribution >= 0.6 is 56.5 Å². The van der Waals surface area contributed by atoms with Crippen molar-refractivity contribution in [2.45, 2.75) is 39.8 Å². The summed E-state index contributed by atoms with van der Waals surface area (Å²) >= 11 is 5.86. The van der Waals surface area contributed by atoms with Gasteiger partial charge in [0.25, 0.3) is 5.56 Å². The van der Waals surface area contributed by atoms with Gasteiger partial charge >= 0.3 is 5.97 Å². The zero-order valence-corrected chi connectivity index (χ0v) is 27.0. The van der Waals surface area contributed by atoms with E-state index in [1.54, 1.807) is 18.4 Å². The van der Waals surface area contributed by atoms with Gasteiger partial charge in [0.2, 0.25) is 0 Å². The summed E-state index contributed by atoms with van der Waals surface area (Å²) in [4.78, 5) is 32.6. The molecule has 4 aromatic rings. The number of benzene rings is 3. The second-order valence-electron chi connectivity index (χ2n) is 9.35. The summed E-state index contributed by atoms with van der Waals surface area (Å²) in [5.74, 6) is 0.381. The molecule has 0 saturated heterocycles. The molecular formula is C30H26I2N2O4S. The topological polar surface area (TPSA) is 69.9 Å². The van der Waals surface area contributed by atoms with E-state index in [-0.39, 0.29) is 18.3 Å². The van der Waals surface area contributed by atoms with E-state index >= 15 is 0 Å². The summed E-state index contributed by atoms with van der Waals surface area (Å²) in [6, 6.07) is 17.3. The van der Waals surface area contributed by atoms with Gasteiger partial charge in [-0.25, -0.2) is 9.79 Å². The molecule has 200 valence electrons. The third kappa shape index (κ3) is 5.45. The van der Waals surface area contributed by atoms with Crippen molar-refractivity contribution < 1.29 is 14.3 Å². The number of carbonyl (C=O) groups excluding carboxylic acids is 1. The van der Waals surface area contributed by atoms with Gasteiger partial charge in [0.1, 0.15) is 5.75 Å². The molecule has 0 fully saturated rings. The van der Waals surface area contributed by atoms with E-state index in [0.29, 0.717) is 20.6 Å². The Labute approximate surface area is 257 Å². The van der Waals surface area contributed by atoms with E-state index in [9.17, 15) is 9.59 Å². The lowest BCUT2D eigenvalue weighted by atomic mass is 9.91. The van der Waals surface area contributed by atoms with Crippen LogP contribution in [0.4, 0.5) is 0 Å². The Morgan fingerprint density at radius 1 is 1.13 bits per heavy atom. The van der Waals surface area contributed by atoms with Crippen LogP contribution in [0.3, 0.4) is 0 Å². The van der Waals surface area contributed by atoms with E-state index in [2.05, 4.69) is 45.2 Å². The largest absolute Gasteiger partial charge is 0.489 e. The van der Waals surface area contributed by atoms with Gasteiger partial charge < -0.3 is 9.47 Å². The van der Waals surface area contributed by atoms with Crippen LogP contribution < -0.4 is 19.6 Å². The number of hydrogen-bond donors (Lipinski definition) is 0. The maximum absolute atomic E-state index is 14.0. The molecule has 1 atom stereocenters. The number of aromatic nitrogens is 1. The number of halogens is 2. The molecule has 5 rings (SSSR count). The highest BCUT2D eigenvalue weighted by Crippen LogP contribution is 2.35. The van der Waals surface area contributed by atoms with Crippen molar-refractivity contribution in [3.63, 3.8) is 0 Å². The summed E-state index contributed by atoms with van der Waals surface area (Å²) in [5, 5.41) is 2.00. The van der Waals surface area contributed by atoms with E-state index in [1.165, 1.54) is 11.3 Å². The molecule has 39 heavy (non-hydrogen) atoms. The van der Waals surface area contributed by atoms with Crippen molar-refractivity contribution in [1.82, 2.24) is 4.57 Å². The number of rotatable bonds is 6. The molecule has 0 radical (unpaired) electrons. The first kappa shape index (κ1) is 28.0. The predicted molar refractivity (Wildman–Crippen MR) is 172 cm³/mol. The Kier molecular flexibility index (Phi) is 8.29. The molecule has 0 amide bonds. The second-order valence-corrected chi connectivity index (χ2v) is 12.7. The molecule has 0 bridgehead atoms. The van der Waals surface area contributed by atoms with Gasteiger partial charge in [-0.15, -0.1) is 0 Å². The zero-order valence-electron chi connectivity index (χ0n) is 21.8. The van der Waals surface area contributed by atoms with Gasteiger partial charge in [0.15, 0.2) is 4.80 Å². The van der Waals surface area contributed by atoms with Crippen LogP contribution in [-0.4, -0.2) is 23.2 Å². The van der Waals surface area contributed by atoms with Crippen molar-refractivity contribution in [1.29, 1.82) is 0 Å². The van der Waals surface area contributed by atoms with Crippen LogP contribution in [0.5, 0.6) is 5.75 Å². The number of esters is 1. The first-order chi connectivity index (χ1) is 18.7. The summed E-state index contributed by atoms with van der Waals surface area (Å²) in [6.07, 6.45) is 1.95. The number of thiazole rings is 1. The quantitative estimate of drug-likeness (QED) is 0.180. The summed E-state index contributed by atoms with van der Waals surface area (Å²) < 4.78 is 15.6.